The van der Waals surface area contributed by atoms with E-state index in [0.717, 1.165) is 0 Å². The van der Waals surface area contributed by atoms with Crippen molar-refractivity contribution in [3.05, 3.63) is 35.4 Å². The molecule has 1 saturated carbocycles. The number of likely N-dealkylation sites (tertiary alicyclic amines) is 2. The molecule has 0 bridgehead atoms. The minimum Gasteiger partial charge on any atom is -0.338 e. The highest BCUT2D eigenvalue weighted by Crippen LogP contribution is 2.45. The van der Waals surface area contributed by atoms with E-state index in [2.05, 4.69) is 5.32 Å². The van der Waals surface area contributed by atoms with Crippen LogP contribution in [0.3, 0.4) is 0 Å². The molecule has 2 amide bonds. The number of hydrogen-bond acceptors (Lipinski definition) is 5. The van der Waals surface area contributed by atoms with Crippen molar-refractivity contribution >= 4 is 17.6 Å². The Morgan fingerprint density at radius 1 is 1.14 bits per heavy atom. The number of benzene rings is 1. The first-order valence-electron chi connectivity index (χ1n) is 9.86. The molecule has 152 valence electrons. The van der Waals surface area contributed by atoms with E-state index in [1.165, 1.54) is 11.8 Å². The number of piperidine rings is 1. The molecular weight excluding hydrogens is 375 g/mol. The van der Waals surface area contributed by atoms with Crippen LogP contribution in [-0.4, -0.2) is 71.8 Å². The zero-order chi connectivity index (χ0) is 20.7. The molecule has 29 heavy (non-hydrogen) atoms. The van der Waals surface area contributed by atoms with Crippen molar-refractivity contribution in [2.75, 3.05) is 26.2 Å². The standard InChI is InChI=1S/C21H23FN4O3/c1-12(27)13-2-4-14(5-3-13)21(29)25-10-17-18(11-25)20(17)24-8-19(28)26-9-15(22)6-16(26)7-23/h2-5,15-18,20,24H,6,8-11H2,1H3/t15-,16-,17?,18?,20?/m0/s1. The molecule has 0 spiro atoms. The zero-order valence-corrected chi connectivity index (χ0v) is 16.2. The van der Waals surface area contributed by atoms with Crippen LogP contribution in [0.5, 0.6) is 0 Å². The van der Waals surface area contributed by atoms with Crippen molar-refractivity contribution < 1.29 is 18.8 Å². The lowest BCUT2D eigenvalue weighted by Crippen LogP contribution is -2.43. The lowest BCUT2D eigenvalue weighted by molar-refractivity contribution is -0.130. The number of nitrogens with one attached hydrogen (secondary N) is 1. The molecule has 2 heterocycles. The molecule has 8 heteroatoms. The maximum Gasteiger partial charge on any atom is 0.253 e. The van der Waals surface area contributed by atoms with Gasteiger partial charge in [0.15, 0.2) is 5.78 Å². The molecule has 3 fully saturated rings. The normalized spacial score (nSPS) is 30.0. The van der Waals surface area contributed by atoms with Gasteiger partial charge in [-0.3, -0.25) is 14.4 Å². The summed E-state index contributed by atoms with van der Waals surface area (Å²) in [5, 5.41) is 12.3. The number of hydrogen-bond donors (Lipinski definition) is 1. The first-order valence-corrected chi connectivity index (χ1v) is 9.86. The smallest absolute Gasteiger partial charge is 0.253 e. The highest BCUT2D eigenvalue weighted by Gasteiger charge is 2.56. The van der Waals surface area contributed by atoms with Crippen molar-refractivity contribution in [2.24, 2.45) is 11.8 Å². The average molecular weight is 398 g/mol. The van der Waals surface area contributed by atoms with Crippen LogP contribution >= 0.6 is 0 Å². The molecule has 4 rings (SSSR count). The average Bonchev–Trinajstić information content (AvgIpc) is 3.05. The molecule has 7 nitrogen and oxygen atoms in total. The quantitative estimate of drug-likeness (QED) is 0.748. The van der Waals surface area contributed by atoms with Crippen LogP contribution < -0.4 is 5.32 Å². The Bertz CT molecular complexity index is 869. The van der Waals surface area contributed by atoms with Gasteiger partial charge in [0.2, 0.25) is 5.91 Å². The van der Waals surface area contributed by atoms with Crippen molar-refractivity contribution in [3.8, 4) is 6.07 Å². The van der Waals surface area contributed by atoms with E-state index in [9.17, 15) is 18.8 Å². The Labute approximate surface area is 168 Å². The predicted molar refractivity (Wildman–Crippen MR) is 102 cm³/mol. The Morgan fingerprint density at radius 2 is 1.76 bits per heavy atom. The summed E-state index contributed by atoms with van der Waals surface area (Å²) in [6, 6.07) is 8.16. The van der Waals surface area contributed by atoms with Gasteiger partial charge in [-0.2, -0.15) is 5.26 Å². The van der Waals surface area contributed by atoms with Crippen LogP contribution in [0.15, 0.2) is 24.3 Å². The fourth-order valence-electron chi connectivity index (χ4n) is 4.51. The summed E-state index contributed by atoms with van der Waals surface area (Å²) in [6.45, 7) is 2.81. The number of amides is 2. The molecule has 2 saturated heterocycles. The number of fused-ring (bicyclic) bond motifs is 1. The van der Waals surface area contributed by atoms with E-state index >= 15 is 0 Å². The van der Waals surface area contributed by atoms with Crippen molar-refractivity contribution in [3.63, 3.8) is 0 Å². The minimum absolute atomic E-state index is 0.0129. The summed E-state index contributed by atoms with van der Waals surface area (Å²) in [4.78, 5) is 39.4. The van der Waals surface area contributed by atoms with Crippen LogP contribution in [-0.2, 0) is 4.79 Å². The van der Waals surface area contributed by atoms with Crippen molar-refractivity contribution in [1.29, 1.82) is 5.26 Å². The first kappa shape index (κ1) is 19.5. The molecule has 2 unspecified atom stereocenters. The van der Waals surface area contributed by atoms with E-state index < -0.39 is 12.2 Å². The number of halogens is 1. The number of rotatable bonds is 5. The molecule has 1 aliphatic carbocycles. The minimum atomic E-state index is -1.13. The molecule has 0 radical (unpaired) electrons. The van der Waals surface area contributed by atoms with Crippen LogP contribution in [0.4, 0.5) is 4.39 Å². The van der Waals surface area contributed by atoms with Gasteiger partial charge in [0.1, 0.15) is 12.2 Å². The van der Waals surface area contributed by atoms with E-state index in [4.69, 9.17) is 5.26 Å². The predicted octanol–water partition coefficient (Wildman–Crippen LogP) is 1.01. The van der Waals surface area contributed by atoms with Crippen LogP contribution in [0.1, 0.15) is 34.1 Å². The number of nitrogens with zero attached hydrogens (tertiary/aromatic N) is 3. The van der Waals surface area contributed by atoms with Gasteiger partial charge in [-0.25, -0.2) is 4.39 Å². The molecule has 1 aromatic carbocycles. The lowest BCUT2D eigenvalue weighted by Gasteiger charge is -2.22. The molecule has 3 aliphatic rings. The SMILES string of the molecule is CC(=O)c1ccc(C(=O)N2CC3C(C2)C3NCC(=O)N2C[C@@H](F)C[C@H]2C#N)cc1. The summed E-state index contributed by atoms with van der Waals surface area (Å²) in [6.07, 6.45) is -1.05. The Morgan fingerprint density at radius 3 is 2.34 bits per heavy atom. The van der Waals surface area contributed by atoms with Crippen molar-refractivity contribution in [1.82, 2.24) is 15.1 Å². The molecule has 2 aliphatic heterocycles. The highest BCUT2D eigenvalue weighted by molar-refractivity contribution is 5.98. The molecule has 4 atom stereocenters. The fourth-order valence-corrected chi connectivity index (χ4v) is 4.51. The summed E-state index contributed by atoms with van der Waals surface area (Å²) in [7, 11) is 0. The Hall–Kier alpha value is -2.79. The number of nitriles is 1. The number of Topliss-reactive ketones (excluding diaryl/α,β-unsaturated/α-hetero) is 1. The second-order valence-electron chi connectivity index (χ2n) is 8.10. The third-order valence-corrected chi connectivity index (χ3v) is 6.23. The monoisotopic (exact) mass is 398 g/mol. The second-order valence-corrected chi connectivity index (χ2v) is 8.10. The Kier molecular flexibility index (Phi) is 5.09. The molecule has 0 aromatic heterocycles. The maximum absolute atomic E-state index is 13.5. The van der Waals surface area contributed by atoms with E-state index in [1.54, 1.807) is 29.2 Å². The van der Waals surface area contributed by atoms with Gasteiger partial charge in [-0.15, -0.1) is 0 Å². The van der Waals surface area contributed by atoms with Gasteiger partial charge in [0.25, 0.3) is 5.91 Å². The third-order valence-electron chi connectivity index (χ3n) is 6.23. The number of ketones is 1. The van der Waals surface area contributed by atoms with E-state index in [1.807, 2.05) is 6.07 Å². The van der Waals surface area contributed by atoms with Crippen LogP contribution in [0, 0.1) is 23.2 Å². The highest BCUT2D eigenvalue weighted by atomic mass is 19.1. The summed E-state index contributed by atoms with van der Waals surface area (Å²) in [5.74, 6) is 0.280. The topological polar surface area (TPSA) is 93.5 Å². The summed E-state index contributed by atoms with van der Waals surface area (Å²) in [5.41, 5.74) is 1.14. The number of carbonyl (C=O) groups excluding carboxylic acids is 3. The Balaban J connectivity index is 1.25. The van der Waals surface area contributed by atoms with E-state index in [0.29, 0.717) is 36.1 Å². The summed E-state index contributed by atoms with van der Waals surface area (Å²) < 4.78 is 13.5. The van der Waals surface area contributed by atoms with Gasteiger partial charge >= 0.3 is 0 Å². The van der Waals surface area contributed by atoms with Gasteiger partial charge in [-0.05, 0) is 30.9 Å². The van der Waals surface area contributed by atoms with Crippen LogP contribution in [0.25, 0.3) is 0 Å². The van der Waals surface area contributed by atoms with Gasteiger partial charge in [0, 0.05) is 36.7 Å². The van der Waals surface area contributed by atoms with Crippen molar-refractivity contribution in [2.45, 2.75) is 31.6 Å². The fraction of sp³-hybridized carbons (Fsp3) is 0.524. The lowest BCUT2D eigenvalue weighted by atomic mass is 10.1. The molecule has 1 aromatic rings. The second kappa shape index (κ2) is 7.56. The molecule has 1 N–H and O–H groups in total. The molecular formula is C21H23FN4O3. The zero-order valence-electron chi connectivity index (χ0n) is 16.2. The number of alkyl halides is 1. The largest absolute Gasteiger partial charge is 0.338 e. The summed E-state index contributed by atoms with van der Waals surface area (Å²) >= 11 is 0. The maximum atomic E-state index is 13.5. The van der Waals surface area contributed by atoms with Gasteiger partial charge < -0.3 is 15.1 Å². The van der Waals surface area contributed by atoms with E-state index in [-0.39, 0.29) is 43.1 Å². The van der Waals surface area contributed by atoms with Crippen LogP contribution in [0.2, 0.25) is 0 Å². The van der Waals surface area contributed by atoms with Gasteiger partial charge in [0.05, 0.1) is 19.2 Å². The third kappa shape index (κ3) is 3.75. The van der Waals surface area contributed by atoms with Gasteiger partial charge in [-0.1, -0.05) is 12.1 Å². The number of carbonyl (C=O) groups is 3. The first-order chi connectivity index (χ1) is 13.9.